The van der Waals surface area contributed by atoms with Crippen molar-refractivity contribution >= 4 is 11.8 Å². The average Bonchev–Trinajstić information content (AvgIpc) is 2.78. The zero-order chi connectivity index (χ0) is 22.2. The number of rotatable bonds is 4. The second-order valence-electron chi connectivity index (χ2n) is 7.41. The standard InChI is InChI=1S/C22H28N4O5/c1-16(15-27)24-20(28)14-26-11-10-25(2)22(29)17-6-5-9-23-21(17)31-19-8-4-3-7-18(19)30-13-12-26/h3-9,16,27H,10-15H2,1-2H3,(H,24,28)/t16-/m0/s1. The van der Waals surface area contributed by atoms with E-state index in [0.29, 0.717) is 43.3 Å². The van der Waals surface area contributed by atoms with Gasteiger partial charge in [0.15, 0.2) is 11.5 Å². The summed E-state index contributed by atoms with van der Waals surface area (Å²) in [6.45, 7) is 3.42. The van der Waals surface area contributed by atoms with E-state index >= 15 is 0 Å². The molecule has 2 N–H and O–H groups in total. The molecule has 3 rings (SSSR count). The van der Waals surface area contributed by atoms with Gasteiger partial charge in [0, 0.05) is 38.9 Å². The lowest BCUT2D eigenvalue weighted by atomic mass is 10.2. The third-order valence-corrected chi connectivity index (χ3v) is 4.87. The molecule has 9 heteroatoms. The van der Waals surface area contributed by atoms with E-state index in [4.69, 9.17) is 14.6 Å². The zero-order valence-corrected chi connectivity index (χ0v) is 17.8. The van der Waals surface area contributed by atoms with E-state index in [0.717, 1.165) is 0 Å². The molecule has 0 spiro atoms. The SMILES string of the molecule is C[C@@H](CO)NC(=O)CN1CCOc2ccccc2Oc2ncccc2C(=O)N(C)CC1. The van der Waals surface area contributed by atoms with E-state index in [2.05, 4.69) is 10.3 Å². The highest BCUT2D eigenvalue weighted by Gasteiger charge is 2.21. The van der Waals surface area contributed by atoms with E-state index < -0.39 is 0 Å². The molecule has 2 heterocycles. The number of pyridine rings is 1. The molecule has 166 valence electrons. The van der Waals surface area contributed by atoms with Crippen LogP contribution in [0.4, 0.5) is 0 Å². The number of amides is 2. The monoisotopic (exact) mass is 428 g/mol. The topological polar surface area (TPSA) is 104 Å². The lowest BCUT2D eigenvalue weighted by Crippen LogP contribution is -2.45. The molecule has 1 aromatic heterocycles. The van der Waals surface area contributed by atoms with Crippen LogP contribution in [0.15, 0.2) is 42.6 Å². The number of nitrogens with zero attached hydrogens (tertiary/aromatic N) is 3. The summed E-state index contributed by atoms with van der Waals surface area (Å²) in [5.41, 5.74) is 0.347. The lowest BCUT2D eigenvalue weighted by Gasteiger charge is -2.25. The summed E-state index contributed by atoms with van der Waals surface area (Å²) in [7, 11) is 1.70. The number of hydrogen-bond donors (Lipinski definition) is 2. The van der Waals surface area contributed by atoms with Gasteiger partial charge < -0.3 is 24.8 Å². The molecule has 0 bridgehead atoms. The van der Waals surface area contributed by atoms with Crippen molar-refractivity contribution in [3.8, 4) is 17.4 Å². The van der Waals surface area contributed by atoms with Crippen molar-refractivity contribution in [2.45, 2.75) is 13.0 Å². The Bertz CT molecular complexity index is 907. The van der Waals surface area contributed by atoms with Crippen LogP contribution in [0.2, 0.25) is 0 Å². The Labute approximate surface area is 181 Å². The molecule has 0 radical (unpaired) electrons. The number of para-hydroxylation sites is 2. The van der Waals surface area contributed by atoms with Crippen LogP contribution < -0.4 is 14.8 Å². The van der Waals surface area contributed by atoms with Gasteiger partial charge in [-0.25, -0.2) is 4.98 Å². The summed E-state index contributed by atoms with van der Waals surface area (Å²) in [4.78, 5) is 33.0. The Morgan fingerprint density at radius 1 is 1.19 bits per heavy atom. The summed E-state index contributed by atoms with van der Waals surface area (Å²) < 4.78 is 11.9. The summed E-state index contributed by atoms with van der Waals surface area (Å²) in [5.74, 6) is 0.775. The summed E-state index contributed by atoms with van der Waals surface area (Å²) >= 11 is 0. The number of aromatic nitrogens is 1. The first kappa shape index (κ1) is 22.5. The molecule has 0 unspecified atom stereocenters. The van der Waals surface area contributed by atoms with Gasteiger partial charge in [0.1, 0.15) is 12.2 Å². The van der Waals surface area contributed by atoms with Crippen LogP contribution in [-0.4, -0.2) is 84.2 Å². The number of ether oxygens (including phenoxy) is 2. The number of fused-ring (bicyclic) bond motifs is 2. The molecule has 0 saturated carbocycles. The largest absolute Gasteiger partial charge is 0.488 e. The maximum Gasteiger partial charge on any atom is 0.259 e. The number of benzene rings is 1. The second kappa shape index (κ2) is 10.7. The fraction of sp³-hybridized carbons (Fsp3) is 0.409. The molecular weight excluding hydrogens is 400 g/mol. The minimum absolute atomic E-state index is 0.129. The molecule has 1 aliphatic rings. The number of aliphatic hydroxyl groups is 1. The molecule has 0 saturated heterocycles. The normalized spacial score (nSPS) is 16.4. The number of hydrogen-bond acceptors (Lipinski definition) is 7. The van der Waals surface area contributed by atoms with Crippen molar-refractivity contribution in [1.29, 1.82) is 0 Å². The highest BCUT2D eigenvalue weighted by molar-refractivity contribution is 5.96. The van der Waals surface area contributed by atoms with Gasteiger partial charge >= 0.3 is 0 Å². The second-order valence-corrected chi connectivity index (χ2v) is 7.41. The highest BCUT2D eigenvalue weighted by Crippen LogP contribution is 2.32. The van der Waals surface area contributed by atoms with Crippen molar-refractivity contribution in [1.82, 2.24) is 20.1 Å². The van der Waals surface area contributed by atoms with Crippen molar-refractivity contribution < 1.29 is 24.2 Å². The van der Waals surface area contributed by atoms with Gasteiger partial charge in [0.05, 0.1) is 13.2 Å². The summed E-state index contributed by atoms with van der Waals surface area (Å²) in [6.07, 6.45) is 1.57. The van der Waals surface area contributed by atoms with E-state index in [1.807, 2.05) is 17.0 Å². The van der Waals surface area contributed by atoms with E-state index in [-0.39, 0.29) is 36.9 Å². The quantitative estimate of drug-likeness (QED) is 0.752. The molecule has 1 aromatic carbocycles. The van der Waals surface area contributed by atoms with Gasteiger partial charge in [-0.3, -0.25) is 14.5 Å². The van der Waals surface area contributed by atoms with Gasteiger partial charge in [0.25, 0.3) is 5.91 Å². The number of aliphatic hydroxyl groups excluding tert-OH is 1. The van der Waals surface area contributed by atoms with Crippen molar-refractivity contribution in [2.24, 2.45) is 0 Å². The Hall–Kier alpha value is -3.17. The molecule has 1 atom stereocenters. The average molecular weight is 428 g/mol. The zero-order valence-electron chi connectivity index (χ0n) is 17.8. The van der Waals surface area contributed by atoms with Gasteiger partial charge in [0.2, 0.25) is 11.8 Å². The van der Waals surface area contributed by atoms with Crippen LogP contribution in [0.1, 0.15) is 17.3 Å². The molecule has 1 aliphatic heterocycles. The molecular formula is C22H28N4O5. The van der Waals surface area contributed by atoms with Gasteiger partial charge in [-0.1, -0.05) is 12.1 Å². The minimum Gasteiger partial charge on any atom is -0.488 e. The molecule has 0 fully saturated rings. The Balaban J connectivity index is 1.83. The van der Waals surface area contributed by atoms with Crippen LogP contribution in [0.5, 0.6) is 17.4 Å². The number of likely N-dealkylation sites (N-methyl/N-ethyl adjacent to an activating group) is 1. The fourth-order valence-electron chi connectivity index (χ4n) is 3.12. The van der Waals surface area contributed by atoms with Crippen molar-refractivity contribution in [3.05, 3.63) is 48.2 Å². The third kappa shape index (κ3) is 6.16. The molecule has 2 amide bonds. The first-order valence-electron chi connectivity index (χ1n) is 10.2. The number of nitrogens with one attached hydrogen (secondary N) is 1. The Morgan fingerprint density at radius 3 is 2.74 bits per heavy atom. The maximum atomic E-state index is 13.0. The first-order chi connectivity index (χ1) is 15.0. The van der Waals surface area contributed by atoms with Gasteiger partial charge in [-0.15, -0.1) is 0 Å². The Morgan fingerprint density at radius 2 is 1.97 bits per heavy atom. The first-order valence-corrected chi connectivity index (χ1v) is 10.2. The molecule has 31 heavy (non-hydrogen) atoms. The fourth-order valence-corrected chi connectivity index (χ4v) is 3.12. The summed E-state index contributed by atoms with van der Waals surface area (Å²) in [6, 6.07) is 10.2. The Kier molecular flexibility index (Phi) is 7.80. The van der Waals surface area contributed by atoms with Crippen LogP contribution in [0, 0.1) is 0 Å². The van der Waals surface area contributed by atoms with E-state index in [9.17, 15) is 9.59 Å². The van der Waals surface area contributed by atoms with Crippen molar-refractivity contribution in [3.63, 3.8) is 0 Å². The van der Waals surface area contributed by atoms with Gasteiger partial charge in [-0.05, 0) is 31.2 Å². The van der Waals surface area contributed by atoms with Crippen molar-refractivity contribution in [2.75, 3.05) is 46.4 Å². The van der Waals surface area contributed by atoms with Crippen LogP contribution >= 0.6 is 0 Å². The van der Waals surface area contributed by atoms with Crippen LogP contribution in [-0.2, 0) is 4.79 Å². The lowest BCUT2D eigenvalue weighted by molar-refractivity contribution is -0.123. The van der Waals surface area contributed by atoms with Crippen LogP contribution in [0.3, 0.4) is 0 Å². The number of carbonyl (C=O) groups excluding carboxylic acids is 2. The number of carbonyl (C=O) groups is 2. The predicted octanol–water partition coefficient (Wildman–Crippen LogP) is 1.14. The smallest absolute Gasteiger partial charge is 0.259 e. The third-order valence-electron chi connectivity index (χ3n) is 4.87. The molecule has 0 aliphatic carbocycles. The highest BCUT2D eigenvalue weighted by atomic mass is 16.5. The predicted molar refractivity (Wildman–Crippen MR) is 114 cm³/mol. The van der Waals surface area contributed by atoms with Gasteiger partial charge in [-0.2, -0.15) is 0 Å². The molecule has 9 nitrogen and oxygen atoms in total. The van der Waals surface area contributed by atoms with E-state index in [1.165, 1.54) is 0 Å². The minimum atomic E-state index is -0.322. The van der Waals surface area contributed by atoms with E-state index in [1.54, 1.807) is 49.3 Å². The summed E-state index contributed by atoms with van der Waals surface area (Å²) in [5, 5.41) is 11.9. The van der Waals surface area contributed by atoms with Crippen LogP contribution in [0.25, 0.3) is 0 Å². The maximum absolute atomic E-state index is 13.0. The molecule has 2 aromatic rings.